The number of nitrogens with zero attached hydrogens (tertiary/aromatic N) is 1. The van der Waals surface area contributed by atoms with Crippen LogP contribution in [0.4, 0.5) is 5.69 Å². The van der Waals surface area contributed by atoms with E-state index in [1.54, 1.807) is 24.7 Å². The third-order valence-electron chi connectivity index (χ3n) is 2.33. The van der Waals surface area contributed by atoms with Gasteiger partial charge in [-0.25, -0.2) is 0 Å². The van der Waals surface area contributed by atoms with Crippen LogP contribution in [0.3, 0.4) is 0 Å². The molecule has 1 atom stereocenters. The second kappa shape index (κ2) is 6.27. The summed E-state index contributed by atoms with van der Waals surface area (Å²) in [5, 5.41) is 2.66. The molecule has 0 bridgehead atoms. The molecule has 7 heteroatoms. The van der Waals surface area contributed by atoms with Crippen LogP contribution in [-0.2, 0) is 11.8 Å². The molecule has 0 aliphatic carbocycles. The van der Waals surface area contributed by atoms with Crippen LogP contribution in [0.2, 0.25) is 0 Å². The van der Waals surface area contributed by atoms with Crippen molar-refractivity contribution in [2.24, 2.45) is 24.4 Å². The fourth-order valence-corrected chi connectivity index (χ4v) is 1.25. The van der Waals surface area contributed by atoms with Crippen LogP contribution in [0.1, 0.15) is 17.4 Å². The highest BCUT2D eigenvalue weighted by atomic mass is 35.5. The van der Waals surface area contributed by atoms with Gasteiger partial charge < -0.3 is 21.4 Å². The monoisotopic (exact) mass is 260 g/mol. The molecule has 0 spiro atoms. The Morgan fingerprint density at radius 2 is 2.12 bits per heavy atom. The second-order valence-electron chi connectivity index (χ2n) is 3.72. The number of nitrogens with one attached hydrogen (secondary N) is 1. The Morgan fingerprint density at radius 1 is 1.53 bits per heavy atom. The number of hydrogen-bond donors (Lipinski definition) is 3. The predicted molar refractivity (Wildman–Crippen MR) is 68.0 cm³/mol. The van der Waals surface area contributed by atoms with Gasteiger partial charge in [-0.3, -0.25) is 9.59 Å². The molecule has 17 heavy (non-hydrogen) atoms. The summed E-state index contributed by atoms with van der Waals surface area (Å²) < 4.78 is 1.56. The van der Waals surface area contributed by atoms with E-state index < -0.39 is 5.91 Å². The number of primary amides is 1. The first-order chi connectivity index (χ1) is 7.45. The van der Waals surface area contributed by atoms with E-state index in [4.69, 9.17) is 11.5 Å². The van der Waals surface area contributed by atoms with Gasteiger partial charge in [0.15, 0.2) is 0 Å². The molecule has 1 aromatic rings. The van der Waals surface area contributed by atoms with Gasteiger partial charge in [0.25, 0.3) is 5.91 Å². The van der Waals surface area contributed by atoms with Crippen LogP contribution in [0.25, 0.3) is 0 Å². The van der Waals surface area contributed by atoms with Gasteiger partial charge in [0.1, 0.15) is 5.69 Å². The van der Waals surface area contributed by atoms with Crippen molar-refractivity contribution < 1.29 is 9.59 Å². The van der Waals surface area contributed by atoms with Crippen LogP contribution >= 0.6 is 12.4 Å². The largest absolute Gasteiger partial charge is 0.364 e. The molecular weight excluding hydrogens is 244 g/mol. The number of aryl methyl sites for hydroxylation is 1. The van der Waals surface area contributed by atoms with Gasteiger partial charge in [-0.05, 0) is 6.07 Å². The minimum Gasteiger partial charge on any atom is -0.364 e. The molecule has 96 valence electrons. The van der Waals surface area contributed by atoms with Crippen LogP contribution < -0.4 is 16.8 Å². The summed E-state index contributed by atoms with van der Waals surface area (Å²) in [5.41, 5.74) is 11.4. The zero-order valence-electron chi connectivity index (χ0n) is 9.77. The fourth-order valence-electron chi connectivity index (χ4n) is 1.25. The van der Waals surface area contributed by atoms with Crippen LogP contribution in [0.5, 0.6) is 0 Å². The second-order valence-corrected chi connectivity index (χ2v) is 3.72. The highest BCUT2D eigenvalue weighted by Gasteiger charge is 2.13. The molecule has 1 unspecified atom stereocenters. The maximum Gasteiger partial charge on any atom is 0.265 e. The van der Waals surface area contributed by atoms with Crippen molar-refractivity contribution in [3.63, 3.8) is 0 Å². The highest BCUT2D eigenvalue weighted by Crippen LogP contribution is 2.13. The quantitative estimate of drug-likeness (QED) is 0.714. The third-order valence-corrected chi connectivity index (χ3v) is 2.33. The summed E-state index contributed by atoms with van der Waals surface area (Å²) in [4.78, 5) is 22.5. The number of anilines is 1. The molecular formula is C10H17ClN4O2. The van der Waals surface area contributed by atoms with Gasteiger partial charge in [0.2, 0.25) is 5.91 Å². The standard InChI is InChI=1S/C10H16N4O2.ClH/c1-6(4-11)10(16)13-7-3-8(9(12)15)14(2)5-7;/h3,5-6H,4,11H2,1-2H3,(H2,12,15)(H,13,16);1H. The minimum atomic E-state index is -0.533. The van der Waals surface area contributed by atoms with Gasteiger partial charge in [0.05, 0.1) is 5.69 Å². The summed E-state index contributed by atoms with van der Waals surface area (Å²) in [5.74, 6) is -0.976. The van der Waals surface area contributed by atoms with E-state index in [2.05, 4.69) is 5.32 Å². The summed E-state index contributed by atoms with van der Waals surface area (Å²) in [7, 11) is 1.68. The number of amides is 2. The van der Waals surface area contributed by atoms with E-state index in [0.717, 1.165) is 0 Å². The van der Waals surface area contributed by atoms with Crippen molar-refractivity contribution in [3.05, 3.63) is 18.0 Å². The summed E-state index contributed by atoms with van der Waals surface area (Å²) in [6.07, 6.45) is 1.63. The van der Waals surface area contributed by atoms with E-state index in [1.165, 1.54) is 6.07 Å². The molecule has 0 saturated heterocycles. The molecule has 1 aromatic heterocycles. The number of hydrogen-bond acceptors (Lipinski definition) is 3. The smallest absolute Gasteiger partial charge is 0.265 e. The molecule has 2 amide bonds. The molecule has 0 aliphatic rings. The number of aromatic nitrogens is 1. The van der Waals surface area contributed by atoms with Crippen molar-refractivity contribution in [2.75, 3.05) is 11.9 Å². The number of carbonyl (C=O) groups is 2. The summed E-state index contributed by atoms with van der Waals surface area (Å²) in [6, 6.07) is 1.53. The van der Waals surface area contributed by atoms with Gasteiger partial charge in [-0.1, -0.05) is 6.92 Å². The van der Waals surface area contributed by atoms with E-state index in [9.17, 15) is 9.59 Å². The zero-order chi connectivity index (χ0) is 12.3. The van der Waals surface area contributed by atoms with E-state index >= 15 is 0 Å². The molecule has 0 fully saturated rings. The molecule has 1 heterocycles. The lowest BCUT2D eigenvalue weighted by Gasteiger charge is -2.07. The molecule has 5 N–H and O–H groups in total. The molecule has 0 saturated carbocycles. The summed E-state index contributed by atoms with van der Waals surface area (Å²) in [6.45, 7) is 2.01. The average molecular weight is 261 g/mol. The number of nitrogens with two attached hydrogens (primary N) is 2. The maximum absolute atomic E-state index is 11.5. The normalized spacial score (nSPS) is 11.5. The van der Waals surface area contributed by atoms with Crippen molar-refractivity contribution >= 4 is 29.9 Å². The Kier molecular flexibility index (Phi) is 5.70. The number of halogens is 1. The van der Waals surface area contributed by atoms with Crippen molar-refractivity contribution in [2.45, 2.75) is 6.92 Å². The van der Waals surface area contributed by atoms with Gasteiger partial charge in [-0.2, -0.15) is 0 Å². The Hall–Kier alpha value is -1.53. The van der Waals surface area contributed by atoms with Gasteiger partial charge in [0, 0.05) is 25.7 Å². The minimum absolute atomic E-state index is 0. The van der Waals surface area contributed by atoms with E-state index in [1.807, 2.05) is 0 Å². The Balaban J connectivity index is 0.00000256. The first-order valence-electron chi connectivity index (χ1n) is 4.92. The number of carbonyl (C=O) groups excluding carboxylic acids is 2. The molecule has 0 aliphatic heterocycles. The fraction of sp³-hybridized carbons (Fsp3) is 0.400. The Bertz CT molecular complexity index is 416. The maximum atomic E-state index is 11.5. The lowest BCUT2D eigenvalue weighted by molar-refractivity contribution is -0.119. The molecule has 6 nitrogen and oxygen atoms in total. The Morgan fingerprint density at radius 3 is 2.53 bits per heavy atom. The Labute approximate surface area is 106 Å². The predicted octanol–water partition coefficient (Wildman–Crippen LogP) is 0.0791. The summed E-state index contributed by atoms with van der Waals surface area (Å²) >= 11 is 0. The topological polar surface area (TPSA) is 103 Å². The molecule has 0 radical (unpaired) electrons. The first kappa shape index (κ1) is 15.5. The first-order valence-corrected chi connectivity index (χ1v) is 4.92. The molecule has 1 rings (SSSR count). The van der Waals surface area contributed by atoms with Crippen molar-refractivity contribution in [1.29, 1.82) is 0 Å². The van der Waals surface area contributed by atoms with Crippen molar-refractivity contribution in [1.82, 2.24) is 4.57 Å². The SMILES string of the molecule is CC(CN)C(=O)Nc1cc(C(N)=O)n(C)c1.Cl. The van der Waals surface area contributed by atoms with Gasteiger partial charge in [-0.15, -0.1) is 12.4 Å². The zero-order valence-corrected chi connectivity index (χ0v) is 10.6. The highest BCUT2D eigenvalue weighted by molar-refractivity contribution is 5.96. The lowest BCUT2D eigenvalue weighted by atomic mass is 10.1. The van der Waals surface area contributed by atoms with Crippen LogP contribution in [0, 0.1) is 5.92 Å². The van der Waals surface area contributed by atoms with Crippen molar-refractivity contribution in [3.8, 4) is 0 Å². The van der Waals surface area contributed by atoms with E-state index in [-0.39, 0.29) is 30.8 Å². The van der Waals surface area contributed by atoms with E-state index in [0.29, 0.717) is 11.4 Å². The average Bonchev–Trinajstić information content (AvgIpc) is 2.58. The van der Waals surface area contributed by atoms with Crippen LogP contribution in [-0.4, -0.2) is 22.9 Å². The lowest BCUT2D eigenvalue weighted by Crippen LogP contribution is -2.26. The van der Waals surface area contributed by atoms with Gasteiger partial charge >= 0.3 is 0 Å². The number of rotatable bonds is 4. The third kappa shape index (κ3) is 3.76. The molecule has 0 aromatic carbocycles. The van der Waals surface area contributed by atoms with Crippen LogP contribution in [0.15, 0.2) is 12.3 Å².